The number of nitrogens with one attached hydrogen (secondary N) is 3. The van der Waals surface area contributed by atoms with E-state index in [1.54, 1.807) is 7.05 Å². The van der Waals surface area contributed by atoms with Gasteiger partial charge in [-0.15, -0.1) is 0 Å². The van der Waals surface area contributed by atoms with Gasteiger partial charge in [0.1, 0.15) is 5.82 Å². The van der Waals surface area contributed by atoms with Crippen molar-refractivity contribution < 1.29 is 0 Å². The summed E-state index contributed by atoms with van der Waals surface area (Å²) in [5.74, 6) is 1.67. The van der Waals surface area contributed by atoms with Crippen LogP contribution in [0.2, 0.25) is 0 Å². The van der Waals surface area contributed by atoms with E-state index in [4.69, 9.17) is 0 Å². The number of rotatable bonds is 7. The molecule has 3 aromatic rings. The zero-order chi connectivity index (χ0) is 18.0. The second kappa shape index (κ2) is 9.42. The van der Waals surface area contributed by atoms with E-state index in [0.717, 1.165) is 42.4 Å². The van der Waals surface area contributed by atoms with E-state index in [-0.39, 0.29) is 0 Å². The Hall–Kier alpha value is -3.08. The Morgan fingerprint density at radius 3 is 2.46 bits per heavy atom. The average molecular weight is 347 g/mol. The van der Waals surface area contributed by atoms with Crippen LogP contribution in [-0.4, -0.2) is 29.5 Å². The number of H-pyrrole nitrogens is 1. The minimum Gasteiger partial charge on any atom is -0.356 e. The smallest absolute Gasteiger partial charge is 0.191 e. The van der Waals surface area contributed by atoms with E-state index in [9.17, 15) is 0 Å². The first-order valence-corrected chi connectivity index (χ1v) is 8.93. The predicted molar refractivity (Wildman–Crippen MR) is 107 cm³/mol. The summed E-state index contributed by atoms with van der Waals surface area (Å²) in [6.45, 7) is 1.48. The number of aliphatic imine (C=N–C) groups is 1. The number of aromatic nitrogens is 2. The summed E-state index contributed by atoms with van der Waals surface area (Å²) < 4.78 is 0. The molecular formula is C21H25N5. The van der Waals surface area contributed by atoms with Crippen molar-refractivity contribution in [2.75, 3.05) is 13.6 Å². The second-order valence-electron chi connectivity index (χ2n) is 6.05. The fraction of sp³-hybridized carbons (Fsp3) is 0.238. The number of hydrogen-bond donors (Lipinski definition) is 3. The molecule has 0 bridgehead atoms. The first-order valence-electron chi connectivity index (χ1n) is 8.93. The third kappa shape index (κ3) is 5.21. The topological polar surface area (TPSA) is 65.1 Å². The third-order valence-corrected chi connectivity index (χ3v) is 4.14. The highest BCUT2D eigenvalue weighted by Crippen LogP contribution is 2.15. The van der Waals surface area contributed by atoms with Crippen LogP contribution in [0.4, 0.5) is 0 Å². The predicted octanol–water partition coefficient (Wildman–Crippen LogP) is 3.37. The Kier molecular flexibility index (Phi) is 6.42. The highest BCUT2D eigenvalue weighted by atomic mass is 15.2. The quantitative estimate of drug-likeness (QED) is 0.349. The number of benzene rings is 2. The lowest BCUT2D eigenvalue weighted by Gasteiger charge is -2.11. The van der Waals surface area contributed by atoms with Crippen LogP contribution in [0.5, 0.6) is 0 Å². The van der Waals surface area contributed by atoms with Gasteiger partial charge < -0.3 is 15.6 Å². The van der Waals surface area contributed by atoms with Gasteiger partial charge in [0, 0.05) is 13.6 Å². The summed E-state index contributed by atoms with van der Waals surface area (Å²) in [5.41, 5.74) is 3.52. The number of nitrogens with zero attached hydrogens (tertiary/aromatic N) is 2. The highest BCUT2D eigenvalue weighted by molar-refractivity contribution is 5.79. The fourth-order valence-corrected chi connectivity index (χ4v) is 2.75. The van der Waals surface area contributed by atoms with Gasteiger partial charge in [-0.1, -0.05) is 60.7 Å². The first-order chi connectivity index (χ1) is 12.8. The van der Waals surface area contributed by atoms with Crippen LogP contribution in [0, 0.1) is 0 Å². The lowest BCUT2D eigenvalue weighted by Crippen LogP contribution is -2.37. The van der Waals surface area contributed by atoms with Crippen molar-refractivity contribution in [3.8, 4) is 11.3 Å². The zero-order valence-corrected chi connectivity index (χ0v) is 15.1. The van der Waals surface area contributed by atoms with E-state index in [2.05, 4.69) is 62.0 Å². The molecule has 0 fully saturated rings. The molecule has 0 atom stereocenters. The molecule has 134 valence electrons. The Balaban J connectivity index is 1.42. The summed E-state index contributed by atoms with van der Waals surface area (Å²) in [4.78, 5) is 12.0. The second-order valence-corrected chi connectivity index (χ2v) is 6.05. The van der Waals surface area contributed by atoms with Crippen molar-refractivity contribution in [3.63, 3.8) is 0 Å². The number of guanidine groups is 1. The monoisotopic (exact) mass is 347 g/mol. The maximum absolute atomic E-state index is 4.43. The number of imidazole rings is 1. The normalized spacial score (nSPS) is 11.3. The number of aryl methyl sites for hydroxylation is 1. The van der Waals surface area contributed by atoms with Gasteiger partial charge in [-0.3, -0.25) is 4.99 Å². The first kappa shape index (κ1) is 17.7. The molecule has 0 aliphatic rings. The summed E-state index contributed by atoms with van der Waals surface area (Å²) in [7, 11) is 1.78. The van der Waals surface area contributed by atoms with Crippen molar-refractivity contribution in [1.29, 1.82) is 0 Å². The maximum Gasteiger partial charge on any atom is 0.191 e. The van der Waals surface area contributed by atoms with Crippen LogP contribution in [0.1, 0.15) is 17.8 Å². The molecule has 0 aliphatic carbocycles. The van der Waals surface area contributed by atoms with Crippen LogP contribution in [-0.2, 0) is 13.0 Å². The molecule has 0 saturated heterocycles. The molecule has 3 rings (SSSR count). The Morgan fingerprint density at radius 2 is 1.73 bits per heavy atom. The van der Waals surface area contributed by atoms with Gasteiger partial charge >= 0.3 is 0 Å². The van der Waals surface area contributed by atoms with Gasteiger partial charge in [-0.2, -0.15) is 0 Å². The minimum atomic E-state index is 0.602. The van der Waals surface area contributed by atoms with Gasteiger partial charge in [0.2, 0.25) is 0 Å². The van der Waals surface area contributed by atoms with Crippen LogP contribution >= 0.6 is 0 Å². The minimum absolute atomic E-state index is 0.602. The Bertz CT molecular complexity index is 809. The van der Waals surface area contributed by atoms with Crippen LogP contribution in [0.3, 0.4) is 0 Å². The van der Waals surface area contributed by atoms with Gasteiger partial charge in [-0.05, 0) is 24.0 Å². The van der Waals surface area contributed by atoms with E-state index in [1.807, 2.05) is 30.5 Å². The molecular weight excluding hydrogens is 322 g/mol. The molecule has 5 nitrogen and oxygen atoms in total. The standard InChI is InChI=1S/C21H25N5/c1-22-21(23-14-8-11-17-9-4-2-5-10-17)25-16-20-24-15-19(26-20)18-12-6-3-7-13-18/h2-7,9-10,12-13,15H,8,11,14,16H2,1H3,(H,24,26)(H2,22,23,25). The number of hydrogen-bond acceptors (Lipinski definition) is 2. The van der Waals surface area contributed by atoms with Gasteiger partial charge in [-0.25, -0.2) is 4.98 Å². The summed E-state index contributed by atoms with van der Waals surface area (Å²) >= 11 is 0. The largest absolute Gasteiger partial charge is 0.356 e. The van der Waals surface area contributed by atoms with Crippen molar-refractivity contribution in [2.45, 2.75) is 19.4 Å². The average Bonchev–Trinajstić information content (AvgIpc) is 3.18. The van der Waals surface area contributed by atoms with Gasteiger partial charge in [0.15, 0.2) is 5.96 Å². The molecule has 0 spiro atoms. The molecule has 0 saturated carbocycles. The molecule has 0 aliphatic heterocycles. The molecule has 5 heteroatoms. The highest BCUT2D eigenvalue weighted by Gasteiger charge is 2.04. The molecule has 0 radical (unpaired) electrons. The van der Waals surface area contributed by atoms with E-state index < -0.39 is 0 Å². The third-order valence-electron chi connectivity index (χ3n) is 4.14. The molecule has 1 aromatic heterocycles. The summed E-state index contributed by atoms with van der Waals surface area (Å²) in [5, 5.41) is 6.64. The molecule has 3 N–H and O–H groups in total. The van der Waals surface area contributed by atoms with Crippen molar-refractivity contribution in [2.24, 2.45) is 4.99 Å². The van der Waals surface area contributed by atoms with Crippen molar-refractivity contribution in [1.82, 2.24) is 20.6 Å². The lowest BCUT2D eigenvalue weighted by atomic mass is 10.1. The molecule has 1 heterocycles. The maximum atomic E-state index is 4.43. The summed E-state index contributed by atoms with van der Waals surface area (Å²) in [6.07, 6.45) is 3.98. The van der Waals surface area contributed by atoms with E-state index in [0.29, 0.717) is 6.54 Å². The molecule has 0 amide bonds. The Morgan fingerprint density at radius 1 is 1.00 bits per heavy atom. The van der Waals surface area contributed by atoms with Crippen LogP contribution < -0.4 is 10.6 Å². The molecule has 0 unspecified atom stereocenters. The number of aromatic amines is 1. The molecule has 26 heavy (non-hydrogen) atoms. The van der Waals surface area contributed by atoms with Gasteiger partial charge in [0.25, 0.3) is 0 Å². The van der Waals surface area contributed by atoms with Gasteiger partial charge in [0.05, 0.1) is 18.4 Å². The van der Waals surface area contributed by atoms with Crippen LogP contribution in [0.15, 0.2) is 71.9 Å². The van der Waals surface area contributed by atoms with E-state index >= 15 is 0 Å². The lowest BCUT2D eigenvalue weighted by molar-refractivity contribution is 0.734. The van der Waals surface area contributed by atoms with Crippen LogP contribution in [0.25, 0.3) is 11.3 Å². The van der Waals surface area contributed by atoms with Crippen molar-refractivity contribution in [3.05, 3.63) is 78.2 Å². The Labute approximate surface area is 154 Å². The fourth-order valence-electron chi connectivity index (χ4n) is 2.75. The molecule has 2 aromatic carbocycles. The summed E-state index contributed by atoms with van der Waals surface area (Å²) in [6, 6.07) is 20.7. The van der Waals surface area contributed by atoms with Crippen molar-refractivity contribution >= 4 is 5.96 Å². The SMILES string of the molecule is CN=C(NCCCc1ccccc1)NCc1ncc(-c2ccccc2)[nH]1. The van der Waals surface area contributed by atoms with E-state index in [1.165, 1.54) is 5.56 Å². The zero-order valence-electron chi connectivity index (χ0n) is 15.1.